The zero-order valence-electron chi connectivity index (χ0n) is 18.2. The van der Waals surface area contributed by atoms with E-state index in [9.17, 15) is 14.0 Å². The number of aryl methyl sites for hydroxylation is 1. The normalized spacial score (nSPS) is 11.0. The lowest BCUT2D eigenvalue weighted by molar-refractivity contribution is 0.0740. The third kappa shape index (κ3) is 4.55. The number of pyridine rings is 1. The molecule has 0 fully saturated rings. The summed E-state index contributed by atoms with van der Waals surface area (Å²) in [6.07, 6.45) is 4.66. The van der Waals surface area contributed by atoms with Crippen LogP contribution in [0.2, 0.25) is 0 Å². The minimum Gasteiger partial charge on any atom is -0.383 e. The molecule has 0 bridgehead atoms. The second-order valence-electron chi connectivity index (χ2n) is 7.20. The molecule has 0 aliphatic carbocycles. The molecule has 0 aliphatic rings. The fraction of sp³-hybridized carbons (Fsp3) is 0.238. The number of methoxy groups -OCH3 is 1. The second-order valence-corrected chi connectivity index (χ2v) is 7.20. The van der Waals surface area contributed by atoms with Crippen molar-refractivity contribution < 1.29 is 18.7 Å². The first-order chi connectivity index (χ1) is 15.9. The van der Waals surface area contributed by atoms with Gasteiger partial charge in [-0.2, -0.15) is 14.5 Å². The Kier molecular flexibility index (Phi) is 6.09. The van der Waals surface area contributed by atoms with E-state index in [1.54, 1.807) is 56.2 Å². The lowest BCUT2D eigenvalue weighted by Gasteiger charge is -2.16. The summed E-state index contributed by atoms with van der Waals surface area (Å²) in [5.41, 5.74) is 1.06. The van der Waals surface area contributed by atoms with Crippen LogP contribution >= 0.6 is 0 Å². The van der Waals surface area contributed by atoms with Crippen LogP contribution in [0.15, 0.2) is 42.9 Å². The molecule has 170 valence electrons. The number of carbonyl (C=O) groups excluding carboxylic acids is 2. The number of imidazole rings is 1. The topological polar surface area (TPSA) is 120 Å². The number of halogens is 1. The molecule has 4 heterocycles. The highest BCUT2D eigenvalue weighted by molar-refractivity contribution is 6.10. The van der Waals surface area contributed by atoms with E-state index < -0.39 is 11.9 Å². The molecular formula is C21H21FN8O3. The maximum atomic E-state index is 13.4. The minimum atomic E-state index is -0.611. The average Bonchev–Trinajstić information content (AvgIpc) is 3.40. The molecule has 0 atom stereocenters. The Morgan fingerprint density at radius 2 is 2.00 bits per heavy atom. The van der Waals surface area contributed by atoms with E-state index in [0.29, 0.717) is 24.5 Å². The molecular weight excluding hydrogens is 431 g/mol. The van der Waals surface area contributed by atoms with Crippen LogP contribution in [0.3, 0.4) is 0 Å². The standard InChI is InChI=1S/C21H21FN8O3/c1-28(9-10-33-3)20(32)13-11-23-29(2)18(13)19(31)26-17-7-8-30-12-15(25-21(30)27-17)14-5-4-6-16(22)24-14/h4-8,11-12H,9-10H2,1-3H3,(H,25,26,27,31). The molecule has 0 aliphatic heterocycles. The van der Waals surface area contributed by atoms with Crippen molar-refractivity contribution in [1.82, 2.24) is 34.0 Å². The Hall–Kier alpha value is -4.19. The van der Waals surface area contributed by atoms with Crippen molar-refractivity contribution in [1.29, 1.82) is 0 Å². The van der Waals surface area contributed by atoms with Gasteiger partial charge in [0.2, 0.25) is 11.7 Å². The van der Waals surface area contributed by atoms with Gasteiger partial charge in [0, 0.05) is 40.1 Å². The average molecular weight is 452 g/mol. The Bertz CT molecular complexity index is 1330. The zero-order chi connectivity index (χ0) is 23.5. The number of carbonyl (C=O) groups is 2. The summed E-state index contributed by atoms with van der Waals surface area (Å²) in [6.45, 7) is 0.733. The molecule has 1 N–H and O–H groups in total. The molecule has 0 radical (unpaired) electrons. The summed E-state index contributed by atoms with van der Waals surface area (Å²) in [5.74, 6) is -0.998. The van der Waals surface area contributed by atoms with Crippen LogP contribution in [0.25, 0.3) is 17.2 Å². The maximum Gasteiger partial charge on any atom is 0.275 e. The van der Waals surface area contributed by atoms with E-state index in [-0.39, 0.29) is 28.8 Å². The van der Waals surface area contributed by atoms with Crippen molar-refractivity contribution in [2.24, 2.45) is 7.05 Å². The summed E-state index contributed by atoms with van der Waals surface area (Å²) in [7, 11) is 4.74. The third-order valence-corrected chi connectivity index (χ3v) is 4.91. The first kappa shape index (κ1) is 22.0. The quantitative estimate of drug-likeness (QED) is 0.423. The summed E-state index contributed by atoms with van der Waals surface area (Å²) >= 11 is 0. The van der Waals surface area contributed by atoms with Gasteiger partial charge in [0.1, 0.15) is 17.2 Å². The number of nitrogens with zero attached hydrogens (tertiary/aromatic N) is 7. The molecule has 4 rings (SSSR count). The van der Waals surface area contributed by atoms with Gasteiger partial charge in [0.15, 0.2) is 0 Å². The molecule has 11 nitrogen and oxygen atoms in total. The van der Waals surface area contributed by atoms with Crippen molar-refractivity contribution in [2.75, 3.05) is 32.6 Å². The molecule has 33 heavy (non-hydrogen) atoms. The Labute approximate surface area is 187 Å². The zero-order valence-corrected chi connectivity index (χ0v) is 18.2. The number of hydrogen-bond donors (Lipinski definition) is 1. The number of amides is 2. The van der Waals surface area contributed by atoms with Crippen molar-refractivity contribution in [2.45, 2.75) is 0 Å². The predicted octanol–water partition coefficient (Wildman–Crippen LogP) is 1.63. The summed E-state index contributed by atoms with van der Waals surface area (Å²) in [6, 6.07) is 6.01. The molecule has 12 heteroatoms. The number of fused-ring (bicyclic) bond motifs is 1. The monoisotopic (exact) mass is 452 g/mol. The van der Waals surface area contributed by atoms with Gasteiger partial charge in [0.05, 0.1) is 24.1 Å². The first-order valence-electron chi connectivity index (χ1n) is 9.94. The Morgan fingerprint density at radius 3 is 2.76 bits per heavy atom. The van der Waals surface area contributed by atoms with Gasteiger partial charge in [-0.25, -0.2) is 9.97 Å². The Morgan fingerprint density at radius 1 is 1.18 bits per heavy atom. The van der Waals surface area contributed by atoms with Gasteiger partial charge < -0.3 is 15.0 Å². The smallest absolute Gasteiger partial charge is 0.275 e. The third-order valence-electron chi connectivity index (χ3n) is 4.91. The van der Waals surface area contributed by atoms with Gasteiger partial charge in [0.25, 0.3) is 11.8 Å². The SMILES string of the molecule is COCCN(C)C(=O)c1cnn(C)c1C(=O)Nc1ccn2cc(-c3cccc(F)n3)nc2n1. The number of nitrogens with one attached hydrogen (secondary N) is 1. The minimum absolute atomic E-state index is 0.0962. The van der Waals surface area contributed by atoms with Crippen molar-refractivity contribution in [3.05, 3.63) is 60.1 Å². The number of anilines is 1. The van der Waals surface area contributed by atoms with E-state index in [1.165, 1.54) is 21.8 Å². The van der Waals surface area contributed by atoms with Gasteiger partial charge in [-0.3, -0.25) is 18.7 Å². The highest BCUT2D eigenvalue weighted by Crippen LogP contribution is 2.18. The highest BCUT2D eigenvalue weighted by atomic mass is 19.1. The molecule has 0 aromatic carbocycles. The van der Waals surface area contributed by atoms with Crippen molar-refractivity contribution >= 4 is 23.4 Å². The predicted molar refractivity (Wildman–Crippen MR) is 116 cm³/mol. The molecule has 0 saturated carbocycles. The molecule has 0 saturated heterocycles. The van der Waals surface area contributed by atoms with E-state index in [0.717, 1.165) is 0 Å². The molecule has 4 aromatic rings. The van der Waals surface area contributed by atoms with Crippen LogP contribution in [0.4, 0.5) is 10.2 Å². The fourth-order valence-electron chi connectivity index (χ4n) is 3.19. The van der Waals surface area contributed by atoms with E-state index in [1.807, 2.05) is 0 Å². The summed E-state index contributed by atoms with van der Waals surface area (Å²) < 4.78 is 21.4. The largest absolute Gasteiger partial charge is 0.383 e. The van der Waals surface area contributed by atoms with Crippen molar-refractivity contribution in [3.8, 4) is 11.4 Å². The van der Waals surface area contributed by atoms with Gasteiger partial charge in [-0.15, -0.1) is 0 Å². The Balaban J connectivity index is 1.57. The van der Waals surface area contributed by atoms with Gasteiger partial charge >= 0.3 is 0 Å². The number of rotatable bonds is 7. The summed E-state index contributed by atoms with van der Waals surface area (Å²) in [5, 5.41) is 6.74. The lowest BCUT2D eigenvalue weighted by atomic mass is 10.2. The van der Waals surface area contributed by atoms with Crippen LogP contribution in [0.1, 0.15) is 20.8 Å². The van der Waals surface area contributed by atoms with Crippen LogP contribution in [0, 0.1) is 5.95 Å². The van der Waals surface area contributed by atoms with Gasteiger partial charge in [-0.05, 0) is 18.2 Å². The van der Waals surface area contributed by atoms with Crippen LogP contribution in [-0.4, -0.2) is 73.2 Å². The lowest BCUT2D eigenvalue weighted by Crippen LogP contribution is -2.31. The first-order valence-corrected chi connectivity index (χ1v) is 9.94. The number of hydrogen-bond acceptors (Lipinski definition) is 7. The molecule has 0 spiro atoms. The molecule has 4 aromatic heterocycles. The highest BCUT2D eigenvalue weighted by Gasteiger charge is 2.25. The van der Waals surface area contributed by atoms with Crippen LogP contribution < -0.4 is 5.32 Å². The van der Waals surface area contributed by atoms with Crippen LogP contribution in [-0.2, 0) is 11.8 Å². The van der Waals surface area contributed by atoms with E-state index >= 15 is 0 Å². The van der Waals surface area contributed by atoms with Gasteiger partial charge in [-0.1, -0.05) is 6.07 Å². The maximum absolute atomic E-state index is 13.4. The summed E-state index contributed by atoms with van der Waals surface area (Å²) in [4.78, 5) is 39.7. The number of ether oxygens (including phenoxy) is 1. The van der Waals surface area contributed by atoms with E-state index in [4.69, 9.17) is 4.74 Å². The number of aromatic nitrogens is 6. The van der Waals surface area contributed by atoms with Crippen LogP contribution in [0.5, 0.6) is 0 Å². The van der Waals surface area contributed by atoms with E-state index in [2.05, 4.69) is 25.4 Å². The second kappa shape index (κ2) is 9.12. The molecule has 0 unspecified atom stereocenters. The number of likely N-dealkylation sites (N-methyl/N-ethyl adjacent to an activating group) is 1. The fourth-order valence-corrected chi connectivity index (χ4v) is 3.19. The molecule has 2 amide bonds. The van der Waals surface area contributed by atoms with Crippen molar-refractivity contribution in [3.63, 3.8) is 0 Å².